The number of thiophene rings is 1. The maximum Gasteiger partial charge on any atom is 0.224 e. The number of nitrogens with zero attached hydrogens (tertiary/aromatic N) is 2. The highest BCUT2D eigenvalue weighted by atomic mass is 32.2. The van der Waals surface area contributed by atoms with E-state index in [-0.39, 0.29) is 23.5 Å². The Morgan fingerprint density at radius 1 is 1.48 bits per heavy atom. The molecule has 2 N–H and O–H groups in total. The van der Waals surface area contributed by atoms with Gasteiger partial charge in [-0.1, -0.05) is 0 Å². The van der Waals surface area contributed by atoms with Crippen molar-refractivity contribution in [2.24, 2.45) is 4.99 Å². The minimum atomic E-state index is -2.92. The van der Waals surface area contributed by atoms with Crippen molar-refractivity contribution in [2.45, 2.75) is 31.8 Å². The molecule has 3 rings (SSSR count). The molecule has 0 radical (unpaired) electrons. The Hall–Kier alpha value is -1.61. The van der Waals surface area contributed by atoms with Gasteiger partial charge in [-0.05, 0) is 29.9 Å². The summed E-state index contributed by atoms with van der Waals surface area (Å²) < 4.78 is 23.0. The van der Waals surface area contributed by atoms with Crippen LogP contribution in [0.25, 0.3) is 0 Å². The molecule has 0 aliphatic carbocycles. The summed E-state index contributed by atoms with van der Waals surface area (Å²) in [6, 6.07) is 1.99. The number of guanidine groups is 1. The zero-order valence-electron chi connectivity index (χ0n) is 14.3. The van der Waals surface area contributed by atoms with Gasteiger partial charge in [0.05, 0.1) is 11.5 Å². The number of hydrogen-bond donors (Lipinski definition) is 2. The molecule has 0 bridgehead atoms. The van der Waals surface area contributed by atoms with Gasteiger partial charge in [0, 0.05) is 44.0 Å². The Morgan fingerprint density at radius 2 is 2.32 bits per heavy atom. The summed E-state index contributed by atoms with van der Waals surface area (Å²) in [5.41, 5.74) is 1.26. The zero-order chi connectivity index (χ0) is 17.9. The second-order valence-corrected chi connectivity index (χ2v) is 9.66. The van der Waals surface area contributed by atoms with Crippen molar-refractivity contribution in [2.75, 3.05) is 31.6 Å². The van der Waals surface area contributed by atoms with Crippen molar-refractivity contribution in [3.8, 4) is 0 Å². The van der Waals surface area contributed by atoms with E-state index >= 15 is 0 Å². The molecule has 2 aliphatic heterocycles. The van der Waals surface area contributed by atoms with Crippen molar-refractivity contribution < 1.29 is 13.2 Å². The summed E-state index contributed by atoms with van der Waals surface area (Å²) in [5, 5.41) is 8.31. The zero-order valence-corrected chi connectivity index (χ0v) is 16.0. The molecule has 1 atom stereocenters. The van der Waals surface area contributed by atoms with Gasteiger partial charge in [-0.25, -0.2) is 8.42 Å². The molecule has 1 aromatic rings. The van der Waals surface area contributed by atoms with Crippen LogP contribution in [-0.2, 0) is 27.6 Å². The van der Waals surface area contributed by atoms with E-state index in [9.17, 15) is 13.2 Å². The van der Waals surface area contributed by atoms with Crippen LogP contribution in [0.2, 0.25) is 0 Å². The van der Waals surface area contributed by atoms with Gasteiger partial charge in [0.15, 0.2) is 15.8 Å². The second-order valence-electron chi connectivity index (χ2n) is 6.43. The van der Waals surface area contributed by atoms with Gasteiger partial charge in [0.25, 0.3) is 0 Å². The van der Waals surface area contributed by atoms with E-state index in [2.05, 4.69) is 27.1 Å². The summed E-state index contributed by atoms with van der Waals surface area (Å²) in [6.07, 6.45) is 1.92. The minimum absolute atomic E-state index is 0.106. The SMILES string of the molecule is CN=C(NCCC(=O)N1CCc2sccc2C1)NC1CCS(=O)(=O)C1. The van der Waals surface area contributed by atoms with Crippen LogP contribution < -0.4 is 10.6 Å². The van der Waals surface area contributed by atoms with Gasteiger partial charge in [0.2, 0.25) is 5.91 Å². The number of fused-ring (bicyclic) bond motifs is 1. The van der Waals surface area contributed by atoms with Crippen LogP contribution in [0.15, 0.2) is 16.4 Å². The van der Waals surface area contributed by atoms with E-state index in [1.54, 1.807) is 18.4 Å². The van der Waals surface area contributed by atoms with Crippen LogP contribution in [-0.4, -0.2) is 62.9 Å². The summed E-state index contributed by atoms with van der Waals surface area (Å²) in [7, 11) is -1.28. The lowest BCUT2D eigenvalue weighted by Gasteiger charge is -2.27. The Bertz CT molecular complexity index is 757. The van der Waals surface area contributed by atoms with Crippen LogP contribution in [0.4, 0.5) is 0 Å². The first-order valence-electron chi connectivity index (χ1n) is 8.47. The molecule has 3 heterocycles. The fourth-order valence-corrected chi connectivity index (χ4v) is 5.77. The molecule has 2 aliphatic rings. The maximum absolute atomic E-state index is 12.4. The second kappa shape index (κ2) is 7.74. The number of rotatable bonds is 4. The van der Waals surface area contributed by atoms with Crippen molar-refractivity contribution in [3.05, 3.63) is 21.9 Å². The van der Waals surface area contributed by atoms with Crippen LogP contribution in [0.3, 0.4) is 0 Å². The normalized spacial score (nSPS) is 22.5. The van der Waals surface area contributed by atoms with Crippen molar-refractivity contribution in [1.82, 2.24) is 15.5 Å². The fourth-order valence-electron chi connectivity index (χ4n) is 3.20. The van der Waals surface area contributed by atoms with Crippen LogP contribution in [0, 0.1) is 0 Å². The van der Waals surface area contributed by atoms with Gasteiger partial charge >= 0.3 is 0 Å². The summed E-state index contributed by atoms with van der Waals surface area (Å²) in [4.78, 5) is 19.8. The van der Waals surface area contributed by atoms with Crippen molar-refractivity contribution >= 4 is 33.0 Å². The molecular weight excluding hydrogens is 360 g/mol. The van der Waals surface area contributed by atoms with Gasteiger partial charge in [0.1, 0.15) is 0 Å². The number of nitrogens with one attached hydrogen (secondary N) is 2. The molecule has 1 amide bonds. The predicted molar refractivity (Wildman–Crippen MR) is 99.6 cm³/mol. The lowest BCUT2D eigenvalue weighted by Crippen LogP contribution is -2.45. The largest absolute Gasteiger partial charge is 0.356 e. The van der Waals surface area contributed by atoms with Crippen molar-refractivity contribution in [3.63, 3.8) is 0 Å². The first-order chi connectivity index (χ1) is 12.0. The van der Waals surface area contributed by atoms with E-state index in [1.165, 1.54) is 10.4 Å². The summed E-state index contributed by atoms with van der Waals surface area (Å²) >= 11 is 1.76. The number of hydrogen-bond acceptors (Lipinski definition) is 5. The third kappa shape index (κ3) is 4.72. The average Bonchev–Trinajstić information content (AvgIpc) is 3.18. The van der Waals surface area contributed by atoms with E-state index in [0.29, 0.717) is 31.9 Å². The van der Waals surface area contributed by atoms with Crippen molar-refractivity contribution in [1.29, 1.82) is 0 Å². The van der Waals surface area contributed by atoms with E-state index in [1.807, 2.05) is 4.90 Å². The number of carbonyl (C=O) groups excluding carboxylic acids is 1. The highest BCUT2D eigenvalue weighted by Gasteiger charge is 2.28. The monoisotopic (exact) mass is 384 g/mol. The Morgan fingerprint density at radius 3 is 3.04 bits per heavy atom. The number of aliphatic imine (C=N–C) groups is 1. The highest BCUT2D eigenvalue weighted by Crippen LogP contribution is 2.24. The first kappa shape index (κ1) is 18.2. The third-order valence-electron chi connectivity index (χ3n) is 4.59. The van der Waals surface area contributed by atoms with Gasteiger partial charge in [-0.2, -0.15) is 0 Å². The molecular formula is C16H24N4O3S2. The molecule has 7 nitrogen and oxygen atoms in total. The summed E-state index contributed by atoms with van der Waals surface area (Å²) in [6.45, 7) is 1.95. The molecule has 138 valence electrons. The predicted octanol–water partition coefficient (Wildman–Crippen LogP) is 0.375. The van der Waals surface area contributed by atoms with Gasteiger partial charge in [-0.3, -0.25) is 9.79 Å². The minimum Gasteiger partial charge on any atom is -0.356 e. The molecule has 9 heteroatoms. The highest BCUT2D eigenvalue weighted by molar-refractivity contribution is 7.91. The fraction of sp³-hybridized carbons (Fsp3) is 0.625. The molecule has 25 heavy (non-hydrogen) atoms. The van der Waals surface area contributed by atoms with E-state index < -0.39 is 9.84 Å². The van der Waals surface area contributed by atoms with E-state index in [0.717, 1.165) is 13.0 Å². The topological polar surface area (TPSA) is 90.9 Å². The molecule has 1 saturated heterocycles. The quantitative estimate of drug-likeness (QED) is 0.578. The molecule has 1 unspecified atom stereocenters. The van der Waals surface area contributed by atoms with E-state index in [4.69, 9.17) is 0 Å². The molecule has 1 fully saturated rings. The molecule has 0 saturated carbocycles. The van der Waals surface area contributed by atoms with Crippen LogP contribution >= 0.6 is 11.3 Å². The van der Waals surface area contributed by atoms with Crippen LogP contribution in [0.1, 0.15) is 23.3 Å². The van der Waals surface area contributed by atoms with Gasteiger partial charge < -0.3 is 15.5 Å². The molecule has 1 aromatic heterocycles. The smallest absolute Gasteiger partial charge is 0.224 e. The van der Waals surface area contributed by atoms with Gasteiger partial charge in [-0.15, -0.1) is 11.3 Å². The number of carbonyl (C=O) groups is 1. The maximum atomic E-state index is 12.4. The summed E-state index contributed by atoms with van der Waals surface area (Å²) in [5.74, 6) is 1.04. The average molecular weight is 385 g/mol. The Kier molecular flexibility index (Phi) is 5.63. The molecule has 0 spiro atoms. The first-order valence-corrected chi connectivity index (χ1v) is 11.2. The lowest BCUT2D eigenvalue weighted by atomic mass is 10.1. The number of sulfone groups is 1. The van der Waals surface area contributed by atoms with Crippen LogP contribution in [0.5, 0.6) is 0 Å². The standard InChI is InChI=1S/C16H24N4O3S2/c1-17-16(19-13-5-9-25(22,23)11-13)18-6-2-15(21)20-7-3-14-12(10-20)4-8-24-14/h4,8,13H,2-3,5-7,9-11H2,1H3,(H2,17,18,19). The number of amides is 1. The lowest BCUT2D eigenvalue weighted by molar-refractivity contribution is -0.131. The Balaban J connectivity index is 1.42. The third-order valence-corrected chi connectivity index (χ3v) is 7.38. The molecule has 0 aromatic carbocycles. The Labute approximate surface area is 152 Å².